The second-order valence-corrected chi connectivity index (χ2v) is 25.6. The van der Waals surface area contributed by atoms with Gasteiger partial charge in [0.1, 0.15) is 0 Å². The Morgan fingerprint density at radius 2 is 0.651 bits per heavy atom. The zero-order valence-electron chi connectivity index (χ0n) is 56.4. The highest BCUT2D eigenvalue weighted by atomic mass is 19.3. The molecule has 5 aliphatic carbocycles. The summed E-state index contributed by atoms with van der Waals surface area (Å²) in [5.41, 5.74) is 9.39. The van der Waals surface area contributed by atoms with Crippen LogP contribution in [0.25, 0.3) is 0 Å². The lowest BCUT2D eigenvalue weighted by molar-refractivity contribution is -0.181. The molecule has 1 aromatic rings. The zero-order chi connectivity index (χ0) is 62.3. The minimum absolute atomic E-state index is 0. The van der Waals surface area contributed by atoms with Gasteiger partial charge in [0, 0.05) is 39.6 Å². The van der Waals surface area contributed by atoms with Crippen LogP contribution in [0.15, 0.2) is 36.5 Å². The van der Waals surface area contributed by atoms with Gasteiger partial charge in [-0.1, -0.05) is 223 Å². The molecule has 5 fully saturated rings. The number of halogens is 6. The van der Waals surface area contributed by atoms with Crippen molar-refractivity contribution in [2.24, 2.45) is 59.2 Å². The number of allylic oxidation sites excluding steroid dienone is 3. The summed E-state index contributed by atoms with van der Waals surface area (Å²) in [5, 5.41) is 0. The first-order valence-electron chi connectivity index (χ1n) is 33.8. The molecule has 6 rings (SSSR count). The van der Waals surface area contributed by atoms with E-state index < -0.39 is 18.3 Å². The maximum atomic E-state index is 12.4. The van der Waals surface area contributed by atoms with Crippen LogP contribution in [-0.2, 0) is 20.6 Å². The number of hydrogen-bond donors (Lipinski definition) is 0. The molecule has 0 saturated heterocycles. The fourth-order valence-electron chi connectivity index (χ4n) is 13.2. The first kappa shape index (κ1) is 83.0. The average molecular weight is 1190 g/mol. The number of ether oxygens (including phenoxy) is 3. The second kappa shape index (κ2) is 47.0. The van der Waals surface area contributed by atoms with Crippen LogP contribution in [0.5, 0.6) is 0 Å². The zero-order valence-corrected chi connectivity index (χ0v) is 56.4. The second-order valence-electron chi connectivity index (χ2n) is 25.6. The number of methoxy groups -OCH3 is 3. The first-order valence-corrected chi connectivity index (χ1v) is 33.8. The molecular weight excluding hydrogens is 1050 g/mol. The molecule has 490 valence electrons. The van der Waals surface area contributed by atoms with Gasteiger partial charge in [-0.25, -0.2) is 0 Å². The first-order chi connectivity index (χ1) is 38.9. The Morgan fingerprint density at radius 3 is 0.916 bits per heavy atom. The van der Waals surface area contributed by atoms with Gasteiger partial charge in [0.05, 0.1) is 0 Å². The van der Waals surface area contributed by atoms with Crippen molar-refractivity contribution in [1.82, 2.24) is 0 Å². The summed E-state index contributed by atoms with van der Waals surface area (Å²) in [5.74, 6) is 10.4. The number of alkyl halides is 6. The van der Waals surface area contributed by atoms with Crippen molar-refractivity contribution in [2.45, 2.75) is 322 Å². The normalized spacial score (nSPS) is 25.7. The monoisotopic (exact) mass is 1190 g/mol. The van der Waals surface area contributed by atoms with E-state index in [9.17, 15) is 26.3 Å². The Morgan fingerprint density at radius 1 is 0.386 bits per heavy atom. The number of benzene rings is 1. The molecule has 0 radical (unpaired) electrons. The van der Waals surface area contributed by atoms with Crippen molar-refractivity contribution in [3.05, 3.63) is 69.8 Å². The predicted octanol–water partition coefficient (Wildman–Crippen LogP) is 25.5. The summed E-state index contributed by atoms with van der Waals surface area (Å²) in [6.07, 6.45) is 39.0. The van der Waals surface area contributed by atoms with E-state index in [0.29, 0.717) is 18.9 Å². The van der Waals surface area contributed by atoms with Crippen LogP contribution >= 0.6 is 0 Å². The Labute approximate surface area is 511 Å². The van der Waals surface area contributed by atoms with Crippen molar-refractivity contribution < 1.29 is 40.6 Å². The van der Waals surface area contributed by atoms with Crippen LogP contribution in [0, 0.1) is 93.8 Å². The summed E-state index contributed by atoms with van der Waals surface area (Å²) in [7, 11) is 2.94. The number of unbranched alkanes of at least 4 members (excludes halogenated alkanes) is 4. The molecule has 0 atom stereocenters. The van der Waals surface area contributed by atoms with Gasteiger partial charge in [0.2, 0.25) is 0 Å². The van der Waals surface area contributed by atoms with Gasteiger partial charge in [-0.05, 0) is 192 Å². The Bertz CT molecular complexity index is 1720. The third kappa shape index (κ3) is 36.7. The average Bonchev–Trinajstić information content (AvgIpc) is 3.63. The van der Waals surface area contributed by atoms with Gasteiger partial charge < -0.3 is 14.2 Å². The lowest BCUT2D eigenvalue weighted by Crippen LogP contribution is -2.22. The van der Waals surface area contributed by atoms with Crippen molar-refractivity contribution >= 4 is 0 Å². The van der Waals surface area contributed by atoms with Crippen LogP contribution in [0.3, 0.4) is 0 Å². The quantitative estimate of drug-likeness (QED) is 0.0740. The van der Waals surface area contributed by atoms with E-state index >= 15 is 0 Å². The molecule has 0 heterocycles. The molecule has 5 aliphatic rings. The summed E-state index contributed by atoms with van der Waals surface area (Å²) >= 11 is 0. The fourth-order valence-corrected chi connectivity index (χ4v) is 13.2. The van der Waals surface area contributed by atoms with Crippen LogP contribution < -0.4 is 0 Å². The highest BCUT2D eigenvalue weighted by Gasteiger charge is 2.30. The molecule has 0 aliphatic heterocycles. The van der Waals surface area contributed by atoms with Crippen LogP contribution in [-0.4, -0.2) is 39.7 Å². The van der Waals surface area contributed by atoms with Crippen LogP contribution in [0.4, 0.5) is 26.3 Å². The minimum Gasteiger partial charge on any atom is -0.320 e. The van der Waals surface area contributed by atoms with E-state index in [1.54, 1.807) is 87.3 Å². The van der Waals surface area contributed by atoms with E-state index in [1.807, 2.05) is 34.6 Å². The smallest absolute Gasteiger partial charge is 0.320 e. The topological polar surface area (TPSA) is 27.7 Å². The molecule has 0 aromatic heterocycles. The lowest BCUT2D eigenvalue weighted by atomic mass is 9.70. The van der Waals surface area contributed by atoms with Gasteiger partial charge in [0.15, 0.2) is 0 Å². The molecule has 3 nitrogen and oxygen atoms in total. The Balaban J connectivity index is 0. The molecule has 0 unspecified atom stereocenters. The van der Waals surface area contributed by atoms with Crippen molar-refractivity contribution in [2.75, 3.05) is 21.3 Å². The van der Waals surface area contributed by atoms with Gasteiger partial charge in [0.25, 0.3) is 0 Å². The molecule has 83 heavy (non-hydrogen) atoms. The highest BCUT2D eigenvalue weighted by Crippen LogP contribution is 2.43. The molecule has 5 saturated carbocycles. The van der Waals surface area contributed by atoms with Gasteiger partial charge in [-0.2, -0.15) is 26.3 Å². The molecule has 0 amide bonds. The molecule has 0 spiro atoms. The number of hydrogen-bond acceptors (Lipinski definition) is 3. The molecular formula is C74H134F6O3. The minimum atomic E-state index is -3.09. The lowest BCUT2D eigenvalue weighted by Gasteiger charge is -2.35. The van der Waals surface area contributed by atoms with Gasteiger partial charge in [-0.3, -0.25) is 0 Å². The third-order valence-corrected chi connectivity index (χ3v) is 19.2. The molecule has 9 heteroatoms. The Kier molecular flexibility index (Phi) is 47.0. The summed E-state index contributed by atoms with van der Waals surface area (Å²) in [4.78, 5) is 0. The number of rotatable bonds is 20. The predicted molar refractivity (Wildman–Crippen MR) is 349 cm³/mol. The fraction of sp³-hybridized carbons (Fsp3) is 0.838. The molecule has 1 aromatic carbocycles. The van der Waals surface area contributed by atoms with Crippen molar-refractivity contribution in [1.29, 1.82) is 0 Å². The standard InChI is InChI=1S/C26H42.C22H40.C9H16F2O.C7H12F2O.C5H8F2O.2C2H6.CH4/c1-17-7-9-23(10-8-17)15-24-11-13-25(14-12-24)16-26-21(5)19(3)18(2)20(4)22(26)6;1-17-3-7-19(8-4-17)15-21-11-13-22(14-12-21)16-20-9-5-18(2)6-10-20;1-3-4-5-6-7-8-9(10,11)12-2;1-3-4-5-6-7(8,9)10-2;1-3-4-5(6,7)8-2;2*1-2;/h17,23-25H,7-16H2,1-6H3;17-22H,3-16H2,1-2H3;7-8H,3-6H2,1-2H3;5-6H,3-4H2,1-2H3;3-4H,1-2H3;2*1-2H3;1H4/b;;8-7+;6-5+;4-3+;;;. The summed E-state index contributed by atoms with van der Waals surface area (Å²) in [6, 6.07) is 0. The van der Waals surface area contributed by atoms with Crippen LogP contribution in [0.2, 0.25) is 0 Å². The van der Waals surface area contributed by atoms with E-state index in [1.165, 1.54) is 125 Å². The molecule has 0 bridgehead atoms. The van der Waals surface area contributed by atoms with E-state index in [4.69, 9.17) is 0 Å². The molecule has 0 N–H and O–H groups in total. The van der Waals surface area contributed by atoms with Gasteiger partial charge in [-0.15, -0.1) is 0 Å². The maximum absolute atomic E-state index is 12.4. The van der Waals surface area contributed by atoms with E-state index in [0.717, 1.165) is 118 Å². The summed E-state index contributed by atoms with van der Waals surface area (Å²) < 4.78 is 84.3. The third-order valence-electron chi connectivity index (χ3n) is 19.2. The Hall–Kier alpha value is -2.10. The van der Waals surface area contributed by atoms with E-state index in [-0.39, 0.29) is 7.43 Å². The largest absolute Gasteiger partial charge is 0.376 e. The van der Waals surface area contributed by atoms with E-state index in [2.05, 4.69) is 76.5 Å². The van der Waals surface area contributed by atoms with Crippen molar-refractivity contribution in [3.8, 4) is 0 Å². The van der Waals surface area contributed by atoms with Crippen LogP contribution in [0.1, 0.15) is 296 Å². The van der Waals surface area contributed by atoms with Gasteiger partial charge >= 0.3 is 18.3 Å². The maximum Gasteiger partial charge on any atom is 0.376 e. The summed E-state index contributed by atoms with van der Waals surface area (Å²) in [6.45, 7) is 32.5. The SMILES string of the molecule is C.C/C=C/C(F)(F)OC.CC.CC.CC1CCC(CC2CCC(CC3CCC(C)CC3)CC2)CC1.CCC/C=C/C(F)(F)OC.CCCCC/C=C/C(F)(F)OC.Cc1c(C)c(C)c(CC2CCC(CC3CCC(C)CC3)CC2)c(C)c1C. The van der Waals surface area contributed by atoms with Crippen molar-refractivity contribution in [3.63, 3.8) is 0 Å². The highest BCUT2D eigenvalue weighted by molar-refractivity contribution is 5.49.